The molecular formula is C24H17Cl3N2OS. The van der Waals surface area contributed by atoms with Gasteiger partial charge in [-0.05, 0) is 66.1 Å². The van der Waals surface area contributed by atoms with E-state index in [0.29, 0.717) is 37.4 Å². The van der Waals surface area contributed by atoms with Crippen molar-refractivity contribution in [2.24, 2.45) is 4.99 Å². The van der Waals surface area contributed by atoms with E-state index in [1.165, 1.54) is 11.8 Å². The van der Waals surface area contributed by atoms with Crippen molar-refractivity contribution in [3.8, 4) is 0 Å². The van der Waals surface area contributed by atoms with E-state index in [4.69, 9.17) is 34.8 Å². The molecule has 0 N–H and O–H groups in total. The normalized spacial score (nSPS) is 15.0. The Morgan fingerprint density at radius 3 is 2.23 bits per heavy atom. The molecule has 0 saturated heterocycles. The molecule has 0 unspecified atom stereocenters. The molecule has 1 aliphatic rings. The predicted octanol–water partition coefficient (Wildman–Crippen LogP) is 7.63. The number of thioether (sulfide) groups is 1. The number of carbonyl (C=O) groups excluding carboxylic acids is 1. The number of carbonyl (C=O) groups is 1. The molecule has 3 aromatic rings. The highest BCUT2D eigenvalue weighted by Gasteiger charge is 2.32. The lowest BCUT2D eigenvalue weighted by atomic mass is 10.2. The van der Waals surface area contributed by atoms with Gasteiger partial charge in [0.2, 0.25) is 0 Å². The van der Waals surface area contributed by atoms with Crippen LogP contribution >= 0.6 is 46.6 Å². The molecule has 0 bridgehead atoms. The second-order valence-electron chi connectivity index (χ2n) is 6.96. The van der Waals surface area contributed by atoms with Crippen molar-refractivity contribution in [1.29, 1.82) is 0 Å². The number of amidine groups is 1. The molecule has 0 spiro atoms. The van der Waals surface area contributed by atoms with Crippen molar-refractivity contribution < 1.29 is 4.79 Å². The number of hydrogen-bond donors (Lipinski definition) is 0. The lowest BCUT2D eigenvalue weighted by Gasteiger charge is -2.18. The van der Waals surface area contributed by atoms with Crippen molar-refractivity contribution in [2.45, 2.75) is 12.7 Å². The van der Waals surface area contributed by atoms with Crippen LogP contribution in [0.3, 0.4) is 0 Å². The van der Waals surface area contributed by atoms with E-state index in [1.54, 1.807) is 29.2 Å². The van der Waals surface area contributed by atoms with Crippen molar-refractivity contribution in [3.05, 3.63) is 104 Å². The maximum Gasteiger partial charge on any atom is 0.283 e. The molecule has 7 heteroatoms. The van der Waals surface area contributed by atoms with Crippen LogP contribution < -0.4 is 4.90 Å². The molecule has 1 aliphatic heterocycles. The lowest BCUT2D eigenvalue weighted by molar-refractivity contribution is -0.113. The summed E-state index contributed by atoms with van der Waals surface area (Å²) in [6.07, 6.45) is 1.76. The maximum absolute atomic E-state index is 13.3. The number of aliphatic imine (C=N–C) groups is 1. The Bertz CT molecular complexity index is 1190. The molecule has 4 rings (SSSR count). The van der Waals surface area contributed by atoms with E-state index in [-0.39, 0.29) is 5.91 Å². The van der Waals surface area contributed by atoms with Gasteiger partial charge in [0.1, 0.15) is 5.70 Å². The van der Waals surface area contributed by atoms with Crippen molar-refractivity contribution in [2.75, 3.05) is 4.90 Å². The number of aryl methyl sites for hydroxylation is 1. The molecule has 0 saturated carbocycles. The van der Waals surface area contributed by atoms with Gasteiger partial charge in [-0.2, -0.15) is 0 Å². The van der Waals surface area contributed by atoms with Gasteiger partial charge in [-0.3, -0.25) is 9.69 Å². The summed E-state index contributed by atoms with van der Waals surface area (Å²) in [4.78, 5) is 19.5. The van der Waals surface area contributed by atoms with Crippen LogP contribution in [0.5, 0.6) is 0 Å². The minimum absolute atomic E-state index is 0.200. The fourth-order valence-electron chi connectivity index (χ4n) is 2.99. The second-order valence-corrected chi connectivity index (χ2v) is 9.19. The SMILES string of the molecule is Cc1ccc(N2C(=O)/C(=C/c3ccc(Cl)cc3)N=C2SCc2ccc(Cl)cc2)cc1Cl. The van der Waals surface area contributed by atoms with Crippen LogP contribution in [-0.4, -0.2) is 11.1 Å². The van der Waals surface area contributed by atoms with E-state index >= 15 is 0 Å². The van der Waals surface area contributed by atoms with E-state index in [9.17, 15) is 4.79 Å². The van der Waals surface area contributed by atoms with Gasteiger partial charge in [0, 0.05) is 20.8 Å². The van der Waals surface area contributed by atoms with Crippen LogP contribution in [0.4, 0.5) is 5.69 Å². The fourth-order valence-corrected chi connectivity index (χ4v) is 4.38. The van der Waals surface area contributed by atoms with Crippen LogP contribution in [0.15, 0.2) is 77.4 Å². The first-order valence-electron chi connectivity index (χ1n) is 9.44. The average molecular weight is 488 g/mol. The topological polar surface area (TPSA) is 32.7 Å². The molecule has 156 valence electrons. The first-order chi connectivity index (χ1) is 14.9. The highest BCUT2D eigenvalue weighted by atomic mass is 35.5. The Morgan fingerprint density at radius 1 is 0.935 bits per heavy atom. The number of anilines is 1. The van der Waals surface area contributed by atoms with Crippen LogP contribution in [-0.2, 0) is 10.5 Å². The van der Waals surface area contributed by atoms with E-state index in [0.717, 1.165) is 16.7 Å². The monoisotopic (exact) mass is 486 g/mol. The smallest absolute Gasteiger partial charge is 0.266 e. The number of halogens is 3. The number of rotatable bonds is 4. The van der Waals surface area contributed by atoms with Gasteiger partial charge < -0.3 is 0 Å². The molecule has 0 atom stereocenters. The van der Waals surface area contributed by atoms with Crippen molar-refractivity contribution >= 4 is 69.4 Å². The number of amides is 1. The molecular weight excluding hydrogens is 471 g/mol. The molecule has 1 heterocycles. The summed E-state index contributed by atoms with van der Waals surface area (Å²) in [5.74, 6) is 0.446. The quantitative estimate of drug-likeness (QED) is 0.354. The Labute approximate surface area is 200 Å². The third kappa shape index (κ3) is 5.16. The van der Waals surface area contributed by atoms with Gasteiger partial charge in [-0.25, -0.2) is 4.99 Å². The Hall–Kier alpha value is -2.24. The molecule has 31 heavy (non-hydrogen) atoms. The highest BCUT2D eigenvalue weighted by molar-refractivity contribution is 8.13. The molecule has 3 aromatic carbocycles. The summed E-state index contributed by atoms with van der Waals surface area (Å²) in [5.41, 5.74) is 3.92. The minimum Gasteiger partial charge on any atom is -0.266 e. The van der Waals surface area contributed by atoms with Gasteiger partial charge in [-0.1, -0.05) is 76.9 Å². The number of benzene rings is 3. The largest absolute Gasteiger partial charge is 0.283 e. The van der Waals surface area contributed by atoms with E-state index in [2.05, 4.69) is 4.99 Å². The van der Waals surface area contributed by atoms with Gasteiger partial charge in [0.05, 0.1) is 5.69 Å². The Morgan fingerprint density at radius 2 is 1.58 bits per heavy atom. The minimum atomic E-state index is -0.200. The van der Waals surface area contributed by atoms with E-state index < -0.39 is 0 Å². The summed E-state index contributed by atoms with van der Waals surface area (Å²) in [7, 11) is 0. The average Bonchev–Trinajstić information content (AvgIpc) is 3.06. The van der Waals surface area contributed by atoms with Gasteiger partial charge >= 0.3 is 0 Å². The third-order valence-electron chi connectivity index (χ3n) is 4.70. The third-order valence-corrected chi connectivity index (χ3v) is 6.62. The summed E-state index contributed by atoms with van der Waals surface area (Å²) in [6.45, 7) is 1.92. The molecule has 0 aliphatic carbocycles. The fraction of sp³-hybridized carbons (Fsp3) is 0.0833. The van der Waals surface area contributed by atoms with Gasteiger partial charge in [0.25, 0.3) is 5.91 Å². The molecule has 1 amide bonds. The van der Waals surface area contributed by atoms with E-state index in [1.807, 2.05) is 55.5 Å². The number of hydrogen-bond acceptors (Lipinski definition) is 3. The maximum atomic E-state index is 13.3. The summed E-state index contributed by atoms with van der Waals surface area (Å²) < 4.78 is 0. The molecule has 0 aromatic heterocycles. The standard InChI is InChI=1S/C24H17Cl3N2OS/c1-15-2-11-20(13-21(15)27)29-23(30)22(12-16-3-7-18(25)8-4-16)28-24(29)31-14-17-5-9-19(26)10-6-17/h2-13H,14H2,1H3/b22-12-. The highest BCUT2D eigenvalue weighted by Crippen LogP contribution is 2.33. The summed E-state index contributed by atoms with van der Waals surface area (Å²) >= 11 is 19.8. The van der Waals surface area contributed by atoms with Crippen molar-refractivity contribution in [3.63, 3.8) is 0 Å². The van der Waals surface area contributed by atoms with Crippen LogP contribution in [0, 0.1) is 6.92 Å². The van der Waals surface area contributed by atoms with Gasteiger partial charge in [-0.15, -0.1) is 0 Å². The zero-order valence-electron chi connectivity index (χ0n) is 16.5. The Balaban J connectivity index is 1.67. The summed E-state index contributed by atoms with van der Waals surface area (Å²) in [6, 6.07) is 20.5. The first kappa shape index (κ1) is 22.0. The first-order valence-corrected chi connectivity index (χ1v) is 11.6. The zero-order chi connectivity index (χ0) is 22.0. The summed E-state index contributed by atoms with van der Waals surface area (Å²) in [5, 5.41) is 2.52. The second kappa shape index (κ2) is 9.49. The molecule has 0 fully saturated rings. The van der Waals surface area contributed by atoms with Crippen LogP contribution in [0.1, 0.15) is 16.7 Å². The predicted molar refractivity (Wildman–Crippen MR) is 133 cm³/mol. The number of nitrogens with zero attached hydrogens (tertiary/aromatic N) is 2. The Kier molecular flexibility index (Phi) is 6.73. The molecule has 3 nitrogen and oxygen atoms in total. The van der Waals surface area contributed by atoms with Crippen molar-refractivity contribution in [1.82, 2.24) is 0 Å². The van der Waals surface area contributed by atoms with Crippen LogP contribution in [0.25, 0.3) is 6.08 Å². The van der Waals surface area contributed by atoms with Gasteiger partial charge in [0.15, 0.2) is 5.17 Å². The molecule has 0 radical (unpaired) electrons. The lowest BCUT2D eigenvalue weighted by Crippen LogP contribution is -2.30. The zero-order valence-corrected chi connectivity index (χ0v) is 19.6. The van der Waals surface area contributed by atoms with Crippen LogP contribution in [0.2, 0.25) is 15.1 Å².